The lowest BCUT2D eigenvalue weighted by molar-refractivity contribution is -0.132. The first-order chi connectivity index (χ1) is 14.3. The maximum absolute atomic E-state index is 13.0. The van der Waals surface area contributed by atoms with Gasteiger partial charge in [-0.05, 0) is 25.0 Å². The standard InChI is InChI=1S/C22H31ClN4O3/c1-16(2)20(25(4)21(29)14-24-15-28)13-17(3)22(30)27-11-9-26(10-12-27)19-8-6-5-7-18(19)23/h5-8,13,15-16,20H,9-12,14H2,1-4H3,(H,24,28). The summed E-state index contributed by atoms with van der Waals surface area (Å²) in [5.74, 6) is -0.105. The first-order valence-corrected chi connectivity index (χ1v) is 10.5. The molecule has 0 spiro atoms. The molecule has 0 saturated carbocycles. The van der Waals surface area contributed by atoms with E-state index in [0.717, 1.165) is 5.69 Å². The minimum atomic E-state index is -0.237. The number of benzene rings is 1. The second-order valence-electron chi connectivity index (χ2n) is 7.82. The third-order valence-electron chi connectivity index (χ3n) is 5.38. The molecular formula is C22H31ClN4O3. The van der Waals surface area contributed by atoms with Crippen LogP contribution in [-0.2, 0) is 14.4 Å². The summed E-state index contributed by atoms with van der Waals surface area (Å²) >= 11 is 6.29. The van der Waals surface area contributed by atoms with Gasteiger partial charge in [0.05, 0.1) is 23.3 Å². The molecule has 7 nitrogen and oxygen atoms in total. The van der Waals surface area contributed by atoms with E-state index in [4.69, 9.17) is 11.6 Å². The van der Waals surface area contributed by atoms with Crippen LogP contribution in [0.2, 0.25) is 5.02 Å². The molecule has 1 saturated heterocycles. The van der Waals surface area contributed by atoms with Crippen LogP contribution in [0.5, 0.6) is 0 Å². The van der Waals surface area contributed by atoms with Crippen LogP contribution >= 0.6 is 11.6 Å². The zero-order chi connectivity index (χ0) is 22.3. The Labute approximate surface area is 183 Å². The van der Waals surface area contributed by atoms with Crippen LogP contribution in [0.15, 0.2) is 35.9 Å². The number of piperazine rings is 1. The fraction of sp³-hybridized carbons (Fsp3) is 0.500. The Bertz CT molecular complexity index is 788. The van der Waals surface area contributed by atoms with E-state index in [1.54, 1.807) is 18.9 Å². The number of nitrogens with one attached hydrogen (secondary N) is 1. The highest BCUT2D eigenvalue weighted by Crippen LogP contribution is 2.26. The largest absolute Gasteiger partial charge is 0.367 e. The highest BCUT2D eigenvalue weighted by molar-refractivity contribution is 6.33. The van der Waals surface area contributed by atoms with Gasteiger partial charge in [0.15, 0.2) is 0 Å². The van der Waals surface area contributed by atoms with Crippen LogP contribution in [0.4, 0.5) is 5.69 Å². The molecule has 0 aliphatic carbocycles. The molecule has 1 fully saturated rings. The summed E-state index contributed by atoms with van der Waals surface area (Å²) in [7, 11) is 1.69. The van der Waals surface area contributed by atoms with Gasteiger partial charge in [0.25, 0.3) is 0 Å². The van der Waals surface area contributed by atoms with Crippen molar-refractivity contribution < 1.29 is 14.4 Å². The molecule has 1 aliphatic rings. The number of anilines is 1. The number of carbonyl (C=O) groups excluding carboxylic acids is 3. The van der Waals surface area contributed by atoms with E-state index in [1.807, 2.05) is 49.1 Å². The Morgan fingerprint density at radius 2 is 1.83 bits per heavy atom. The van der Waals surface area contributed by atoms with Crippen LogP contribution in [-0.4, -0.2) is 73.8 Å². The predicted molar refractivity (Wildman–Crippen MR) is 119 cm³/mol. The van der Waals surface area contributed by atoms with Gasteiger partial charge < -0.3 is 20.0 Å². The number of carbonyl (C=O) groups is 3. The fourth-order valence-electron chi connectivity index (χ4n) is 3.61. The van der Waals surface area contributed by atoms with E-state index < -0.39 is 0 Å². The summed E-state index contributed by atoms with van der Waals surface area (Å²) in [5.41, 5.74) is 1.60. The van der Waals surface area contributed by atoms with Gasteiger partial charge >= 0.3 is 0 Å². The van der Waals surface area contributed by atoms with Crippen LogP contribution < -0.4 is 10.2 Å². The number of likely N-dealkylation sites (N-methyl/N-ethyl adjacent to an activating group) is 1. The van der Waals surface area contributed by atoms with Crippen molar-refractivity contribution in [1.29, 1.82) is 0 Å². The van der Waals surface area contributed by atoms with E-state index >= 15 is 0 Å². The van der Waals surface area contributed by atoms with Gasteiger partial charge in [-0.2, -0.15) is 0 Å². The molecule has 1 N–H and O–H groups in total. The molecule has 1 aliphatic heterocycles. The summed E-state index contributed by atoms with van der Waals surface area (Å²) in [6.45, 7) is 8.38. The van der Waals surface area contributed by atoms with Gasteiger partial charge in [0.2, 0.25) is 18.2 Å². The van der Waals surface area contributed by atoms with Crippen molar-refractivity contribution >= 4 is 35.5 Å². The van der Waals surface area contributed by atoms with Gasteiger partial charge in [-0.15, -0.1) is 0 Å². The predicted octanol–water partition coefficient (Wildman–Crippen LogP) is 2.16. The minimum Gasteiger partial charge on any atom is -0.367 e. The lowest BCUT2D eigenvalue weighted by Gasteiger charge is -2.37. The van der Waals surface area contributed by atoms with Crippen LogP contribution in [0.25, 0.3) is 0 Å². The van der Waals surface area contributed by atoms with Crippen molar-refractivity contribution in [2.24, 2.45) is 5.92 Å². The van der Waals surface area contributed by atoms with Crippen molar-refractivity contribution in [2.45, 2.75) is 26.8 Å². The minimum absolute atomic E-state index is 0.0219. The van der Waals surface area contributed by atoms with Crippen LogP contribution in [0.1, 0.15) is 20.8 Å². The molecule has 3 amide bonds. The highest BCUT2D eigenvalue weighted by atomic mass is 35.5. The maximum Gasteiger partial charge on any atom is 0.249 e. The average molecular weight is 435 g/mol. The molecule has 1 aromatic rings. The third kappa shape index (κ3) is 5.98. The smallest absolute Gasteiger partial charge is 0.249 e. The van der Waals surface area contributed by atoms with Gasteiger partial charge in [-0.1, -0.05) is 43.7 Å². The molecule has 8 heteroatoms. The first kappa shape index (κ1) is 23.7. The molecule has 0 radical (unpaired) electrons. The number of hydrogen-bond donors (Lipinski definition) is 1. The number of para-hydroxylation sites is 1. The van der Waals surface area contributed by atoms with E-state index in [1.165, 1.54) is 0 Å². The van der Waals surface area contributed by atoms with E-state index in [9.17, 15) is 14.4 Å². The summed E-state index contributed by atoms with van der Waals surface area (Å²) in [4.78, 5) is 41.3. The van der Waals surface area contributed by atoms with Crippen LogP contribution in [0.3, 0.4) is 0 Å². The number of amides is 3. The zero-order valence-corrected chi connectivity index (χ0v) is 18.9. The van der Waals surface area contributed by atoms with E-state index in [0.29, 0.717) is 43.2 Å². The lowest BCUT2D eigenvalue weighted by atomic mass is 9.99. The molecule has 1 aromatic carbocycles. The Balaban J connectivity index is 2.03. The summed E-state index contributed by atoms with van der Waals surface area (Å²) in [6.07, 6.45) is 2.36. The van der Waals surface area contributed by atoms with Gasteiger partial charge in [0.1, 0.15) is 0 Å². The Morgan fingerprint density at radius 3 is 2.40 bits per heavy atom. The molecule has 30 heavy (non-hydrogen) atoms. The summed E-state index contributed by atoms with van der Waals surface area (Å²) < 4.78 is 0. The van der Waals surface area contributed by atoms with E-state index in [-0.39, 0.29) is 30.3 Å². The monoisotopic (exact) mass is 434 g/mol. The highest BCUT2D eigenvalue weighted by Gasteiger charge is 2.26. The SMILES string of the molecule is CC(=CC(C(C)C)N(C)C(=O)CNC=O)C(=O)N1CCN(c2ccccc2Cl)CC1. The van der Waals surface area contributed by atoms with Crippen molar-refractivity contribution in [2.75, 3.05) is 44.7 Å². The van der Waals surface area contributed by atoms with Crippen molar-refractivity contribution in [3.05, 3.63) is 40.9 Å². The number of halogens is 1. The Morgan fingerprint density at radius 1 is 1.20 bits per heavy atom. The molecule has 164 valence electrons. The van der Waals surface area contributed by atoms with Gasteiger partial charge in [-0.25, -0.2) is 0 Å². The summed E-state index contributed by atoms with van der Waals surface area (Å²) in [6, 6.07) is 7.49. The van der Waals surface area contributed by atoms with Crippen molar-refractivity contribution in [3.63, 3.8) is 0 Å². The molecule has 0 bridgehead atoms. The average Bonchev–Trinajstić information content (AvgIpc) is 2.74. The van der Waals surface area contributed by atoms with Crippen LogP contribution in [0, 0.1) is 5.92 Å². The van der Waals surface area contributed by atoms with Crippen molar-refractivity contribution in [3.8, 4) is 0 Å². The third-order valence-corrected chi connectivity index (χ3v) is 5.70. The Hall–Kier alpha value is -2.54. The molecule has 1 unspecified atom stereocenters. The maximum atomic E-state index is 13.0. The number of hydrogen-bond acceptors (Lipinski definition) is 4. The quantitative estimate of drug-likeness (QED) is 0.502. The number of nitrogens with zero attached hydrogens (tertiary/aromatic N) is 3. The Kier molecular flexibility index (Phi) is 8.72. The topological polar surface area (TPSA) is 73.0 Å². The van der Waals surface area contributed by atoms with Gasteiger partial charge in [0, 0.05) is 38.8 Å². The molecule has 2 rings (SSSR count). The first-order valence-electron chi connectivity index (χ1n) is 10.2. The fourth-order valence-corrected chi connectivity index (χ4v) is 3.86. The normalized spacial score (nSPS) is 15.7. The molecule has 1 heterocycles. The molecule has 0 aromatic heterocycles. The molecule has 1 atom stereocenters. The zero-order valence-electron chi connectivity index (χ0n) is 18.1. The second kappa shape index (κ2) is 11.0. The molecular weight excluding hydrogens is 404 g/mol. The van der Waals surface area contributed by atoms with Crippen molar-refractivity contribution in [1.82, 2.24) is 15.1 Å². The van der Waals surface area contributed by atoms with E-state index in [2.05, 4.69) is 10.2 Å². The lowest BCUT2D eigenvalue weighted by Crippen LogP contribution is -2.49. The number of rotatable bonds is 8. The second-order valence-corrected chi connectivity index (χ2v) is 8.23. The summed E-state index contributed by atoms with van der Waals surface area (Å²) in [5, 5.41) is 3.10. The van der Waals surface area contributed by atoms with Gasteiger partial charge in [-0.3, -0.25) is 14.4 Å².